The number of nitrogens with two attached hydrogens (primary N) is 1. The molecular formula is C17H14Cl2N2O. The number of rotatable bonds is 2. The van der Waals surface area contributed by atoms with E-state index in [9.17, 15) is 4.79 Å². The van der Waals surface area contributed by atoms with E-state index in [0.29, 0.717) is 16.1 Å². The number of hydrogen-bond acceptors (Lipinski definition) is 1. The number of benzene rings is 2. The Hall–Kier alpha value is -1.71. The van der Waals surface area contributed by atoms with Gasteiger partial charge < -0.3 is 10.3 Å². The lowest BCUT2D eigenvalue weighted by Crippen LogP contribution is -2.36. The van der Waals surface area contributed by atoms with Gasteiger partial charge in [0.1, 0.15) is 0 Å². The Labute approximate surface area is 137 Å². The zero-order valence-corrected chi connectivity index (χ0v) is 13.2. The van der Waals surface area contributed by atoms with Crippen molar-refractivity contribution >= 4 is 50.9 Å². The van der Waals surface area contributed by atoms with Crippen LogP contribution in [0.3, 0.4) is 0 Å². The number of primary amides is 1. The third-order valence-corrected chi connectivity index (χ3v) is 5.08. The Morgan fingerprint density at radius 2 is 1.50 bits per heavy atom. The van der Waals surface area contributed by atoms with Gasteiger partial charge in [0.15, 0.2) is 0 Å². The molecule has 112 valence electrons. The van der Waals surface area contributed by atoms with Crippen molar-refractivity contribution in [3.05, 3.63) is 46.4 Å². The van der Waals surface area contributed by atoms with Crippen LogP contribution in [-0.4, -0.2) is 10.5 Å². The van der Waals surface area contributed by atoms with Gasteiger partial charge in [-0.05, 0) is 49.2 Å². The lowest BCUT2D eigenvalue weighted by atomic mass is 9.79. The molecule has 0 radical (unpaired) electrons. The fourth-order valence-corrected chi connectivity index (χ4v) is 3.77. The number of halogens is 2. The van der Waals surface area contributed by atoms with E-state index in [0.717, 1.165) is 34.6 Å². The first-order chi connectivity index (χ1) is 10.5. The molecule has 0 unspecified atom stereocenters. The lowest BCUT2D eigenvalue weighted by molar-refractivity contribution is -0.125. The molecule has 5 heteroatoms. The highest BCUT2D eigenvalue weighted by atomic mass is 35.5. The molecule has 1 heterocycles. The molecule has 0 saturated heterocycles. The summed E-state index contributed by atoms with van der Waals surface area (Å²) >= 11 is 12.3. The first kappa shape index (κ1) is 13.9. The number of carbonyl (C=O) groups is 1. The third-order valence-electron chi connectivity index (χ3n) is 4.61. The summed E-state index contributed by atoms with van der Waals surface area (Å²) in [6.07, 6.45) is 1.58. The largest absolute Gasteiger partial charge is 0.369 e. The zero-order chi connectivity index (χ0) is 15.4. The van der Waals surface area contributed by atoms with Crippen LogP contribution in [0.5, 0.6) is 0 Å². The van der Waals surface area contributed by atoms with E-state index in [2.05, 4.69) is 4.57 Å². The second-order valence-electron chi connectivity index (χ2n) is 5.92. The quantitative estimate of drug-likeness (QED) is 0.735. The van der Waals surface area contributed by atoms with E-state index in [1.807, 2.05) is 36.4 Å². The van der Waals surface area contributed by atoms with Crippen molar-refractivity contribution in [3.8, 4) is 0 Å². The predicted octanol–water partition coefficient (Wildman–Crippen LogP) is 4.54. The molecule has 2 N–H and O–H groups in total. The highest BCUT2D eigenvalue weighted by molar-refractivity contribution is 6.33. The molecule has 0 aliphatic heterocycles. The fourth-order valence-electron chi connectivity index (χ4n) is 3.42. The van der Waals surface area contributed by atoms with Gasteiger partial charge in [-0.2, -0.15) is 0 Å². The Bertz CT molecular complexity index is 851. The molecule has 1 aliphatic carbocycles. The predicted molar refractivity (Wildman–Crippen MR) is 90.4 cm³/mol. The number of fused-ring (bicyclic) bond motifs is 3. The maximum Gasteiger partial charge on any atom is 0.220 e. The molecule has 4 rings (SSSR count). The number of amides is 1. The maximum atomic E-state index is 11.3. The topological polar surface area (TPSA) is 48.0 Å². The van der Waals surface area contributed by atoms with Crippen molar-refractivity contribution in [1.82, 2.24) is 4.57 Å². The van der Waals surface area contributed by atoms with Crippen LogP contribution in [0.25, 0.3) is 21.8 Å². The standard InChI is InChI=1S/C17H14Cl2N2O/c18-10-1-3-15-13(7-10)14-8-11(19)2-4-16(14)21(15)12-5-9(6-12)17(20)22/h1-4,7-9,12H,5-6H2,(H2,20,22)/t9-,12-. The van der Waals surface area contributed by atoms with Crippen molar-refractivity contribution in [2.24, 2.45) is 11.7 Å². The highest BCUT2D eigenvalue weighted by Crippen LogP contribution is 2.43. The first-order valence-corrected chi connectivity index (χ1v) is 7.98. The van der Waals surface area contributed by atoms with Crippen LogP contribution in [0.2, 0.25) is 10.0 Å². The maximum absolute atomic E-state index is 11.3. The van der Waals surface area contributed by atoms with Gasteiger partial charge in [0.25, 0.3) is 0 Å². The van der Waals surface area contributed by atoms with Crippen molar-refractivity contribution in [1.29, 1.82) is 0 Å². The molecule has 1 fully saturated rings. The Kier molecular flexibility index (Phi) is 3.10. The zero-order valence-electron chi connectivity index (χ0n) is 11.7. The van der Waals surface area contributed by atoms with Crippen molar-refractivity contribution in [3.63, 3.8) is 0 Å². The molecule has 1 aliphatic rings. The molecule has 22 heavy (non-hydrogen) atoms. The van der Waals surface area contributed by atoms with Crippen LogP contribution in [0.1, 0.15) is 18.9 Å². The fraction of sp³-hybridized carbons (Fsp3) is 0.235. The SMILES string of the molecule is NC(=O)[C@H]1C[C@H](n2c3ccc(Cl)cc3c3cc(Cl)ccc32)C1. The van der Waals surface area contributed by atoms with Crippen LogP contribution >= 0.6 is 23.2 Å². The van der Waals surface area contributed by atoms with Gasteiger partial charge >= 0.3 is 0 Å². The summed E-state index contributed by atoms with van der Waals surface area (Å²) in [7, 11) is 0. The van der Waals surface area contributed by atoms with E-state index in [1.165, 1.54) is 0 Å². The smallest absolute Gasteiger partial charge is 0.220 e. The van der Waals surface area contributed by atoms with Gasteiger partial charge in [-0.3, -0.25) is 4.79 Å². The Balaban J connectivity index is 1.94. The van der Waals surface area contributed by atoms with E-state index < -0.39 is 0 Å². The van der Waals surface area contributed by atoms with Crippen molar-refractivity contribution < 1.29 is 4.79 Å². The molecule has 2 aromatic carbocycles. The second-order valence-corrected chi connectivity index (χ2v) is 6.79. The summed E-state index contributed by atoms with van der Waals surface area (Å²) in [4.78, 5) is 11.3. The van der Waals surface area contributed by atoms with Gasteiger partial charge in [0.2, 0.25) is 5.91 Å². The van der Waals surface area contributed by atoms with E-state index in [-0.39, 0.29) is 11.8 Å². The van der Waals surface area contributed by atoms with Crippen LogP contribution in [0.15, 0.2) is 36.4 Å². The number of hydrogen-bond donors (Lipinski definition) is 1. The van der Waals surface area contributed by atoms with Crippen LogP contribution < -0.4 is 5.73 Å². The second kappa shape index (κ2) is 4.90. The minimum absolute atomic E-state index is 0.0166. The molecule has 0 atom stereocenters. The summed E-state index contributed by atoms with van der Waals surface area (Å²) in [5, 5.41) is 3.59. The van der Waals surface area contributed by atoms with Crippen LogP contribution in [-0.2, 0) is 4.79 Å². The third kappa shape index (κ3) is 2.00. The Morgan fingerprint density at radius 3 is 1.95 bits per heavy atom. The molecule has 3 nitrogen and oxygen atoms in total. The molecule has 0 spiro atoms. The summed E-state index contributed by atoms with van der Waals surface area (Å²) in [6.45, 7) is 0. The lowest BCUT2D eigenvalue weighted by Gasteiger charge is -2.35. The molecule has 0 bridgehead atoms. The summed E-state index contributed by atoms with van der Waals surface area (Å²) in [5.41, 5.74) is 7.64. The molecular weight excluding hydrogens is 319 g/mol. The van der Waals surface area contributed by atoms with Gasteiger partial charge in [0, 0.05) is 43.8 Å². The monoisotopic (exact) mass is 332 g/mol. The van der Waals surface area contributed by atoms with Crippen LogP contribution in [0.4, 0.5) is 0 Å². The Morgan fingerprint density at radius 1 is 1.00 bits per heavy atom. The van der Waals surface area contributed by atoms with Crippen molar-refractivity contribution in [2.75, 3.05) is 0 Å². The molecule has 3 aromatic rings. The first-order valence-electron chi connectivity index (χ1n) is 7.22. The number of aromatic nitrogens is 1. The van der Waals surface area contributed by atoms with Gasteiger partial charge in [0.05, 0.1) is 0 Å². The molecule has 1 amide bonds. The number of carbonyl (C=O) groups excluding carboxylic acids is 1. The van der Waals surface area contributed by atoms with E-state index in [4.69, 9.17) is 28.9 Å². The average molecular weight is 333 g/mol. The normalized spacial score (nSPS) is 21.2. The minimum Gasteiger partial charge on any atom is -0.369 e. The van der Waals surface area contributed by atoms with Crippen molar-refractivity contribution in [2.45, 2.75) is 18.9 Å². The van der Waals surface area contributed by atoms with Crippen LogP contribution in [0, 0.1) is 5.92 Å². The highest BCUT2D eigenvalue weighted by Gasteiger charge is 2.35. The van der Waals surface area contributed by atoms with Gasteiger partial charge in [-0.25, -0.2) is 0 Å². The van der Waals surface area contributed by atoms with Gasteiger partial charge in [-0.1, -0.05) is 23.2 Å². The minimum atomic E-state index is -0.205. The molecule has 1 saturated carbocycles. The number of nitrogens with zero attached hydrogens (tertiary/aromatic N) is 1. The van der Waals surface area contributed by atoms with Gasteiger partial charge in [-0.15, -0.1) is 0 Å². The summed E-state index contributed by atoms with van der Waals surface area (Å²) in [6, 6.07) is 12.1. The van der Waals surface area contributed by atoms with E-state index >= 15 is 0 Å². The summed E-state index contributed by atoms with van der Waals surface area (Å²) < 4.78 is 2.29. The average Bonchev–Trinajstić information content (AvgIpc) is 2.71. The summed E-state index contributed by atoms with van der Waals surface area (Å²) in [5.74, 6) is -0.222. The van der Waals surface area contributed by atoms with E-state index in [1.54, 1.807) is 0 Å². The molecule has 1 aromatic heterocycles.